The van der Waals surface area contributed by atoms with E-state index in [4.69, 9.17) is 10.5 Å². The third kappa shape index (κ3) is 4.07. The normalized spacial score (nSPS) is 21.8. The molecule has 6 nitrogen and oxygen atoms in total. The molecule has 1 aliphatic rings. The maximum absolute atomic E-state index is 11.0. The fraction of sp³-hybridized carbons (Fsp3) is 0.600. The van der Waals surface area contributed by atoms with E-state index in [9.17, 15) is 10.1 Å². The number of benzene rings is 1. The van der Waals surface area contributed by atoms with Gasteiger partial charge in [0.15, 0.2) is 0 Å². The molecule has 21 heavy (non-hydrogen) atoms. The molecule has 0 bridgehead atoms. The van der Waals surface area contributed by atoms with Crippen LogP contribution in [0.25, 0.3) is 0 Å². The largest absolute Gasteiger partial charge is 0.494 e. The molecule has 0 aliphatic heterocycles. The zero-order valence-corrected chi connectivity index (χ0v) is 12.4. The van der Waals surface area contributed by atoms with Crippen LogP contribution in [0.2, 0.25) is 0 Å². The quantitative estimate of drug-likeness (QED) is 0.621. The Labute approximate surface area is 124 Å². The van der Waals surface area contributed by atoms with E-state index in [0.29, 0.717) is 24.8 Å². The second kappa shape index (κ2) is 7.26. The van der Waals surface area contributed by atoms with Gasteiger partial charge in [-0.2, -0.15) is 0 Å². The fourth-order valence-electron chi connectivity index (χ4n) is 2.92. The first-order valence-corrected chi connectivity index (χ1v) is 7.53. The molecule has 0 radical (unpaired) electrons. The van der Waals surface area contributed by atoms with Crippen LogP contribution in [0.3, 0.4) is 0 Å². The minimum absolute atomic E-state index is 0.0450. The molecule has 3 N–H and O–H groups in total. The lowest BCUT2D eigenvalue weighted by Gasteiger charge is -2.32. The number of non-ortho nitro benzene ring substituents is 1. The van der Waals surface area contributed by atoms with Gasteiger partial charge in [-0.05, 0) is 32.2 Å². The molecule has 2 atom stereocenters. The van der Waals surface area contributed by atoms with Gasteiger partial charge in [0.2, 0.25) is 0 Å². The number of nitrogens with one attached hydrogen (secondary N) is 1. The van der Waals surface area contributed by atoms with Gasteiger partial charge in [-0.1, -0.05) is 12.8 Å². The van der Waals surface area contributed by atoms with Gasteiger partial charge < -0.3 is 15.8 Å². The number of hydrogen-bond donors (Lipinski definition) is 2. The van der Waals surface area contributed by atoms with Crippen molar-refractivity contribution in [1.82, 2.24) is 0 Å². The summed E-state index contributed by atoms with van der Waals surface area (Å²) in [5.74, 6) is 0.947. The first-order valence-electron chi connectivity index (χ1n) is 7.53. The molecule has 116 valence electrons. The topological polar surface area (TPSA) is 90.4 Å². The molecule has 0 amide bonds. The van der Waals surface area contributed by atoms with Crippen LogP contribution >= 0.6 is 0 Å². The van der Waals surface area contributed by atoms with E-state index in [1.807, 2.05) is 13.0 Å². The minimum Gasteiger partial charge on any atom is -0.494 e. The fourth-order valence-corrected chi connectivity index (χ4v) is 2.92. The second-order valence-electron chi connectivity index (χ2n) is 5.44. The molecule has 1 fully saturated rings. The van der Waals surface area contributed by atoms with Crippen LogP contribution in [0.5, 0.6) is 5.75 Å². The Kier molecular flexibility index (Phi) is 5.38. The Balaban J connectivity index is 2.19. The van der Waals surface area contributed by atoms with E-state index in [1.165, 1.54) is 18.9 Å². The Hall–Kier alpha value is -1.82. The van der Waals surface area contributed by atoms with E-state index < -0.39 is 4.92 Å². The lowest BCUT2D eigenvalue weighted by molar-refractivity contribution is -0.384. The number of hydrogen-bond acceptors (Lipinski definition) is 5. The maximum Gasteiger partial charge on any atom is 0.275 e. The SMILES string of the molecule is CCOc1cc(NC2CCCCC2CN)cc([N+](=O)[O-])c1. The first kappa shape index (κ1) is 15.6. The Morgan fingerprint density at radius 1 is 1.38 bits per heavy atom. The molecule has 0 heterocycles. The number of nitrogens with two attached hydrogens (primary N) is 1. The number of anilines is 1. The van der Waals surface area contributed by atoms with Gasteiger partial charge in [-0.15, -0.1) is 0 Å². The maximum atomic E-state index is 11.0. The Morgan fingerprint density at radius 2 is 2.14 bits per heavy atom. The van der Waals surface area contributed by atoms with Crippen molar-refractivity contribution in [2.45, 2.75) is 38.6 Å². The standard InChI is InChI=1S/C15H23N3O3/c1-2-21-14-8-12(7-13(9-14)18(19)20)17-15-6-4-3-5-11(15)10-16/h7-9,11,15,17H,2-6,10,16H2,1H3. The van der Waals surface area contributed by atoms with Crippen LogP contribution in [0.1, 0.15) is 32.6 Å². The van der Waals surface area contributed by atoms with Crippen molar-refractivity contribution in [3.63, 3.8) is 0 Å². The number of rotatable bonds is 6. The second-order valence-corrected chi connectivity index (χ2v) is 5.44. The van der Waals surface area contributed by atoms with Crippen LogP contribution in [-0.4, -0.2) is 24.1 Å². The van der Waals surface area contributed by atoms with Crippen molar-refractivity contribution in [3.05, 3.63) is 28.3 Å². The third-order valence-corrected chi connectivity index (χ3v) is 3.98. The molecule has 1 saturated carbocycles. The van der Waals surface area contributed by atoms with Crippen LogP contribution < -0.4 is 15.8 Å². The highest BCUT2D eigenvalue weighted by Crippen LogP contribution is 2.30. The van der Waals surface area contributed by atoms with Crippen molar-refractivity contribution < 1.29 is 9.66 Å². The van der Waals surface area contributed by atoms with Crippen molar-refractivity contribution in [2.24, 2.45) is 11.7 Å². The van der Waals surface area contributed by atoms with Gasteiger partial charge in [-0.25, -0.2) is 0 Å². The van der Waals surface area contributed by atoms with Gasteiger partial charge in [0, 0.05) is 23.9 Å². The molecule has 1 aromatic rings. The minimum atomic E-state index is -0.394. The summed E-state index contributed by atoms with van der Waals surface area (Å²) in [6.07, 6.45) is 4.54. The number of nitro groups is 1. The summed E-state index contributed by atoms with van der Waals surface area (Å²) in [5.41, 5.74) is 6.61. The lowest BCUT2D eigenvalue weighted by atomic mass is 9.84. The summed E-state index contributed by atoms with van der Waals surface area (Å²) in [5, 5.41) is 14.4. The zero-order chi connectivity index (χ0) is 15.2. The van der Waals surface area contributed by atoms with Crippen molar-refractivity contribution >= 4 is 11.4 Å². The predicted octanol–water partition coefficient (Wildman–Crippen LogP) is 2.92. The number of nitro benzene ring substituents is 1. The highest BCUT2D eigenvalue weighted by Gasteiger charge is 2.24. The molecule has 6 heteroatoms. The van der Waals surface area contributed by atoms with E-state index in [0.717, 1.165) is 18.5 Å². The van der Waals surface area contributed by atoms with Gasteiger partial charge in [0.25, 0.3) is 5.69 Å². The highest BCUT2D eigenvalue weighted by molar-refractivity contribution is 5.57. The van der Waals surface area contributed by atoms with Crippen LogP contribution in [-0.2, 0) is 0 Å². The molecule has 2 unspecified atom stereocenters. The van der Waals surface area contributed by atoms with Crippen LogP contribution in [0.4, 0.5) is 11.4 Å². The van der Waals surface area contributed by atoms with E-state index in [1.54, 1.807) is 6.07 Å². The third-order valence-electron chi connectivity index (χ3n) is 3.98. The average Bonchev–Trinajstić information content (AvgIpc) is 2.48. The first-order chi connectivity index (χ1) is 10.1. The lowest BCUT2D eigenvalue weighted by Crippen LogP contribution is -2.36. The summed E-state index contributed by atoms with van der Waals surface area (Å²) < 4.78 is 5.41. The summed E-state index contributed by atoms with van der Waals surface area (Å²) >= 11 is 0. The van der Waals surface area contributed by atoms with E-state index >= 15 is 0 Å². The monoisotopic (exact) mass is 293 g/mol. The summed E-state index contributed by atoms with van der Waals surface area (Å²) in [6, 6.07) is 5.11. The molecular weight excluding hydrogens is 270 g/mol. The van der Waals surface area contributed by atoms with Gasteiger partial charge in [0.05, 0.1) is 17.6 Å². The summed E-state index contributed by atoms with van der Waals surface area (Å²) in [7, 11) is 0. The molecule has 0 saturated heterocycles. The van der Waals surface area contributed by atoms with E-state index in [-0.39, 0.29) is 11.7 Å². The van der Waals surface area contributed by atoms with Crippen LogP contribution in [0.15, 0.2) is 18.2 Å². The molecule has 2 rings (SSSR count). The average molecular weight is 293 g/mol. The summed E-state index contributed by atoms with van der Waals surface area (Å²) in [6.45, 7) is 2.98. The van der Waals surface area contributed by atoms with Crippen LogP contribution in [0, 0.1) is 16.0 Å². The number of nitrogens with zero attached hydrogens (tertiary/aromatic N) is 1. The van der Waals surface area contributed by atoms with Crippen molar-refractivity contribution in [1.29, 1.82) is 0 Å². The zero-order valence-electron chi connectivity index (χ0n) is 12.4. The predicted molar refractivity (Wildman–Crippen MR) is 82.7 cm³/mol. The Morgan fingerprint density at radius 3 is 2.81 bits per heavy atom. The molecule has 0 aromatic heterocycles. The molecule has 1 aromatic carbocycles. The van der Waals surface area contributed by atoms with Gasteiger partial charge in [-0.3, -0.25) is 10.1 Å². The molecular formula is C15H23N3O3. The smallest absolute Gasteiger partial charge is 0.275 e. The summed E-state index contributed by atoms with van der Waals surface area (Å²) in [4.78, 5) is 10.6. The van der Waals surface area contributed by atoms with Crippen molar-refractivity contribution in [3.8, 4) is 5.75 Å². The van der Waals surface area contributed by atoms with Gasteiger partial charge >= 0.3 is 0 Å². The van der Waals surface area contributed by atoms with E-state index in [2.05, 4.69) is 5.32 Å². The van der Waals surface area contributed by atoms with Gasteiger partial charge in [0.1, 0.15) is 5.75 Å². The molecule has 1 aliphatic carbocycles. The van der Waals surface area contributed by atoms with Crippen molar-refractivity contribution in [2.75, 3.05) is 18.5 Å². The number of ether oxygens (including phenoxy) is 1. The Bertz CT molecular complexity index is 493. The molecule has 0 spiro atoms. The highest BCUT2D eigenvalue weighted by atomic mass is 16.6.